The average Bonchev–Trinajstić information content (AvgIpc) is 3.09. The van der Waals surface area contributed by atoms with Gasteiger partial charge in [-0.3, -0.25) is 0 Å². The summed E-state index contributed by atoms with van der Waals surface area (Å²) in [7, 11) is 8.16. The first-order valence-corrected chi connectivity index (χ1v) is 15.6. The Balaban J connectivity index is 0.000000250. The van der Waals surface area contributed by atoms with Gasteiger partial charge in [0.15, 0.2) is 0 Å². The quantitative estimate of drug-likeness (QED) is 0.169. The molecule has 0 aliphatic rings. The number of anilines is 2. The van der Waals surface area contributed by atoms with Crippen molar-refractivity contribution in [1.82, 2.24) is 0 Å². The van der Waals surface area contributed by atoms with Gasteiger partial charge in [0.2, 0.25) is 0 Å². The molecule has 0 atom stereocenters. The molecule has 0 unspecified atom stereocenters. The molecule has 4 aromatic carbocycles. The molecule has 4 aromatic rings. The molecule has 0 saturated carbocycles. The molecule has 4 rings (SSSR count). The van der Waals surface area contributed by atoms with Crippen LogP contribution in [0.3, 0.4) is 0 Å². The topological polar surface area (TPSA) is 54.1 Å². The van der Waals surface area contributed by atoms with E-state index in [4.69, 9.17) is 10.5 Å². The van der Waals surface area contributed by atoms with Crippen molar-refractivity contribution in [3.63, 3.8) is 0 Å². The average molecular weight is 605 g/mol. The number of nitriles is 2. The summed E-state index contributed by atoms with van der Waals surface area (Å²) in [4.78, 5) is 4.18. The van der Waals surface area contributed by atoms with Crippen LogP contribution in [0.1, 0.15) is 60.1 Å². The summed E-state index contributed by atoms with van der Waals surface area (Å²) in [6, 6.07) is 36.7. The molecule has 4 nitrogen and oxygen atoms in total. The van der Waals surface area contributed by atoms with Crippen LogP contribution in [0.4, 0.5) is 11.4 Å². The molecule has 0 aliphatic carbocycles. The van der Waals surface area contributed by atoms with Crippen molar-refractivity contribution in [2.45, 2.75) is 26.7 Å². The Morgan fingerprint density at radius 1 is 0.522 bits per heavy atom. The minimum Gasteiger partial charge on any atom is -0.378 e. The van der Waals surface area contributed by atoms with E-state index < -0.39 is 0 Å². The van der Waals surface area contributed by atoms with Crippen molar-refractivity contribution >= 4 is 34.7 Å². The molecule has 46 heavy (non-hydrogen) atoms. The molecule has 0 saturated heterocycles. The van der Waals surface area contributed by atoms with Gasteiger partial charge in [-0.05, 0) is 94.8 Å². The second-order valence-corrected chi connectivity index (χ2v) is 11.2. The van der Waals surface area contributed by atoms with E-state index in [1.165, 1.54) is 44.8 Å². The van der Waals surface area contributed by atoms with Crippen LogP contribution in [0.25, 0.3) is 23.3 Å². The van der Waals surface area contributed by atoms with Gasteiger partial charge in [-0.25, -0.2) is 0 Å². The van der Waals surface area contributed by atoms with E-state index in [-0.39, 0.29) is 0 Å². The number of allylic oxidation sites excluding steroid dienone is 6. The summed E-state index contributed by atoms with van der Waals surface area (Å²) in [6.07, 6.45) is 14.6. The lowest BCUT2D eigenvalue weighted by atomic mass is 10.0. The number of hydrogen-bond acceptors (Lipinski definition) is 4. The highest BCUT2D eigenvalue weighted by Crippen LogP contribution is 2.21. The maximum atomic E-state index is 8.87. The Bertz CT molecular complexity index is 1590. The predicted molar refractivity (Wildman–Crippen MR) is 198 cm³/mol. The molecule has 0 spiro atoms. The molecular weight excluding hydrogens is 560 g/mol. The second kappa shape index (κ2) is 18.3. The molecule has 0 heterocycles. The highest BCUT2D eigenvalue weighted by molar-refractivity contribution is 5.70. The molecule has 0 fully saturated rings. The van der Waals surface area contributed by atoms with Crippen molar-refractivity contribution < 1.29 is 0 Å². The summed E-state index contributed by atoms with van der Waals surface area (Å²) in [5.41, 5.74) is 11.0. The van der Waals surface area contributed by atoms with Crippen molar-refractivity contribution in [1.29, 1.82) is 10.5 Å². The number of hydrogen-bond donors (Lipinski definition) is 0. The van der Waals surface area contributed by atoms with Gasteiger partial charge in [-0.1, -0.05) is 98.8 Å². The summed E-state index contributed by atoms with van der Waals surface area (Å²) < 4.78 is 0. The Morgan fingerprint density at radius 2 is 0.848 bits per heavy atom. The third-order valence-electron chi connectivity index (χ3n) is 7.52. The standard InChI is InChI=1S/2C21H22N2/c2*1-4-19(20-12-8-18(16-22)9-13-20)7-5-6-17-10-14-21(15-11-17)23(2)3/h2*5-15H,4H2,1-3H3/b2*6-5+,19-7+. The van der Waals surface area contributed by atoms with E-state index in [1.807, 2.05) is 76.7 Å². The van der Waals surface area contributed by atoms with Crippen molar-refractivity contribution in [3.8, 4) is 12.1 Å². The monoisotopic (exact) mass is 604 g/mol. The van der Waals surface area contributed by atoms with E-state index in [2.05, 4.69) is 121 Å². The maximum absolute atomic E-state index is 8.87. The summed E-state index contributed by atoms with van der Waals surface area (Å²) in [5.74, 6) is 0. The normalized spacial score (nSPS) is 11.5. The lowest BCUT2D eigenvalue weighted by molar-refractivity contribution is 1.13. The van der Waals surface area contributed by atoms with Gasteiger partial charge >= 0.3 is 0 Å². The van der Waals surface area contributed by atoms with Crippen LogP contribution < -0.4 is 9.80 Å². The SMILES string of the molecule is CC/C(=C\C=C\c1ccc(N(C)C)cc1)c1ccc(C#N)cc1.CC/C(=C\C=C\c1ccc(N(C)C)cc1)c1ccc(C#N)cc1. The van der Waals surface area contributed by atoms with Crippen LogP contribution in [-0.2, 0) is 0 Å². The Labute approximate surface area is 276 Å². The molecule has 232 valence electrons. The number of rotatable bonds is 10. The van der Waals surface area contributed by atoms with Crippen molar-refractivity contribution in [3.05, 3.63) is 155 Å². The van der Waals surface area contributed by atoms with E-state index >= 15 is 0 Å². The lowest BCUT2D eigenvalue weighted by Gasteiger charge is -2.11. The zero-order valence-electron chi connectivity index (χ0n) is 27.9. The molecule has 0 amide bonds. The minimum atomic E-state index is 0.695. The first kappa shape index (κ1) is 34.9. The number of benzene rings is 4. The molecule has 0 aliphatic heterocycles. The fourth-order valence-electron chi connectivity index (χ4n) is 4.67. The van der Waals surface area contributed by atoms with E-state index in [1.54, 1.807) is 0 Å². The predicted octanol–water partition coefficient (Wildman–Crippen LogP) is 10.3. The lowest BCUT2D eigenvalue weighted by Crippen LogP contribution is -2.07. The maximum Gasteiger partial charge on any atom is 0.0991 e. The van der Waals surface area contributed by atoms with Gasteiger partial charge in [-0.15, -0.1) is 0 Å². The molecule has 0 bridgehead atoms. The first-order valence-electron chi connectivity index (χ1n) is 15.6. The van der Waals surface area contributed by atoms with E-state index in [9.17, 15) is 0 Å². The largest absolute Gasteiger partial charge is 0.378 e. The van der Waals surface area contributed by atoms with Gasteiger partial charge in [-0.2, -0.15) is 10.5 Å². The van der Waals surface area contributed by atoms with Crippen LogP contribution in [0.2, 0.25) is 0 Å². The fraction of sp³-hybridized carbons (Fsp3) is 0.190. The zero-order valence-corrected chi connectivity index (χ0v) is 27.9. The summed E-state index contributed by atoms with van der Waals surface area (Å²) >= 11 is 0. The van der Waals surface area contributed by atoms with Crippen LogP contribution in [0.15, 0.2) is 121 Å². The third-order valence-corrected chi connectivity index (χ3v) is 7.52. The minimum absolute atomic E-state index is 0.695. The fourth-order valence-corrected chi connectivity index (χ4v) is 4.67. The van der Waals surface area contributed by atoms with Crippen LogP contribution in [0, 0.1) is 22.7 Å². The summed E-state index contributed by atoms with van der Waals surface area (Å²) in [6.45, 7) is 4.29. The van der Waals surface area contributed by atoms with Crippen molar-refractivity contribution in [2.75, 3.05) is 38.0 Å². The smallest absolute Gasteiger partial charge is 0.0991 e. The van der Waals surface area contributed by atoms with E-state index in [0.29, 0.717) is 11.1 Å². The zero-order chi connectivity index (χ0) is 33.3. The highest BCUT2D eigenvalue weighted by Gasteiger charge is 2.00. The van der Waals surface area contributed by atoms with Gasteiger partial charge in [0.05, 0.1) is 23.3 Å². The Morgan fingerprint density at radius 3 is 1.11 bits per heavy atom. The summed E-state index contributed by atoms with van der Waals surface area (Å²) in [5, 5.41) is 17.7. The highest BCUT2D eigenvalue weighted by atomic mass is 15.1. The molecular formula is C42H44N4. The van der Waals surface area contributed by atoms with Crippen LogP contribution in [0.5, 0.6) is 0 Å². The second-order valence-electron chi connectivity index (χ2n) is 11.2. The van der Waals surface area contributed by atoms with Gasteiger partial charge in [0, 0.05) is 39.6 Å². The van der Waals surface area contributed by atoms with Gasteiger partial charge in [0.1, 0.15) is 0 Å². The van der Waals surface area contributed by atoms with Crippen LogP contribution >= 0.6 is 0 Å². The van der Waals surface area contributed by atoms with E-state index in [0.717, 1.165) is 12.8 Å². The van der Waals surface area contributed by atoms with Crippen LogP contribution in [-0.4, -0.2) is 28.2 Å². The first-order chi connectivity index (χ1) is 22.3. The Kier molecular flexibility index (Phi) is 13.9. The van der Waals surface area contributed by atoms with Crippen molar-refractivity contribution in [2.24, 2.45) is 0 Å². The van der Waals surface area contributed by atoms with Gasteiger partial charge < -0.3 is 9.80 Å². The molecule has 4 heteroatoms. The third kappa shape index (κ3) is 10.8. The Hall–Kier alpha value is -5.58. The molecule has 0 N–H and O–H groups in total. The van der Waals surface area contributed by atoms with Gasteiger partial charge in [0.25, 0.3) is 0 Å². The molecule has 0 radical (unpaired) electrons. The molecule has 0 aromatic heterocycles. The number of nitrogens with zero attached hydrogens (tertiary/aromatic N) is 4.